The summed E-state index contributed by atoms with van der Waals surface area (Å²) in [5.41, 5.74) is 0.631. The molecule has 1 aliphatic heterocycles. The van der Waals surface area contributed by atoms with Crippen molar-refractivity contribution in [2.24, 2.45) is 29.6 Å². The Labute approximate surface area is 290 Å². The van der Waals surface area contributed by atoms with E-state index in [1.807, 2.05) is 20.8 Å². The van der Waals surface area contributed by atoms with E-state index in [1.54, 1.807) is 60.6 Å². The van der Waals surface area contributed by atoms with Crippen LogP contribution in [-0.4, -0.2) is 76.8 Å². The maximum absolute atomic E-state index is 14.0. The maximum atomic E-state index is 14.0. The Morgan fingerprint density at radius 3 is 1.33 bits per heavy atom. The second-order valence-corrected chi connectivity index (χ2v) is 14.7. The molecule has 274 valence electrons. The lowest BCUT2D eigenvalue weighted by Crippen LogP contribution is -2.64. The van der Waals surface area contributed by atoms with Gasteiger partial charge in [-0.2, -0.15) is 0 Å². The summed E-state index contributed by atoms with van der Waals surface area (Å²) in [7, 11) is 0. The van der Waals surface area contributed by atoms with Crippen molar-refractivity contribution in [3.05, 3.63) is 29.8 Å². The van der Waals surface area contributed by atoms with Crippen molar-refractivity contribution in [3.63, 3.8) is 0 Å². The number of hydrogen-bond donors (Lipinski definition) is 7. The number of carbonyl (C=O) groups is 6. The molecule has 13 nitrogen and oxygen atoms in total. The number of phenols is 1. The maximum Gasteiger partial charge on any atom is 0.243 e. The molecule has 0 bridgehead atoms. The average molecular weight is 687 g/mol. The van der Waals surface area contributed by atoms with Crippen molar-refractivity contribution >= 4 is 35.4 Å². The molecule has 0 radical (unpaired) electrons. The van der Waals surface area contributed by atoms with Crippen LogP contribution in [0.5, 0.6) is 5.75 Å². The summed E-state index contributed by atoms with van der Waals surface area (Å²) in [5.74, 6) is -5.03. The van der Waals surface area contributed by atoms with E-state index in [1.165, 1.54) is 12.1 Å². The van der Waals surface area contributed by atoms with E-state index in [2.05, 4.69) is 31.9 Å². The van der Waals surface area contributed by atoms with Crippen molar-refractivity contribution in [2.45, 2.75) is 125 Å². The van der Waals surface area contributed by atoms with Crippen molar-refractivity contribution in [1.82, 2.24) is 31.9 Å². The normalized spacial score (nSPS) is 25.9. The summed E-state index contributed by atoms with van der Waals surface area (Å²) < 4.78 is 0. The second-order valence-electron chi connectivity index (χ2n) is 14.7. The Morgan fingerprint density at radius 1 is 0.531 bits per heavy atom. The third kappa shape index (κ3) is 12.0. The van der Waals surface area contributed by atoms with Crippen LogP contribution in [0.1, 0.15) is 87.6 Å². The molecular formula is C36H58N6O7. The van der Waals surface area contributed by atoms with Crippen LogP contribution in [0.15, 0.2) is 24.3 Å². The minimum atomic E-state index is -1.17. The SMILES string of the molecule is CC[C@H](C)[C@@H]1NC(=O)[C@@H](CC(C)C)NC(=O)[C@@H](C(C)C)NC(=O)[C@H](C(C)C)NC(=O)[C@@H](C(C)C)NC(=O)[C@H](Cc2ccc(O)cc2)NC1=O. The zero-order valence-corrected chi connectivity index (χ0v) is 30.7. The van der Waals surface area contributed by atoms with Gasteiger partial charge >= 0.3 is 0 Å². The molecule has 1 aromatic rings. The second kappa shape index (κ2) is 18.6. The first-order valence-corrected chi connectivity index (χ1v) is 17.5. The summed E-state index contributed by atoms with van der Waals surface area (Å²) in [5, 5.41) is 26.6. The molecule has 0 unspecified atom stereocenters. The van der Waals surface area contributed by atoms with Crippen LogP contribution < -0.4 is 31.9 Å². The van der Waals surface area contributed by atoms with Crippen molar-refractivity contribution in [2.75, 3.05) is 0 Å². The Hall–Kier alpha value is -4.16. The lowest BCUT2D eigenvalue weighted by molar-refractivity contribution is -0.138. The van der Waals surface area contributed by atoms with Gasteiger partial charge in [-0.25, -0.2) is 0 Å². The van der Waals surface area contributed by atoms with Gasteiger partial charge < -0.3 is 37.0 Å². The predicted octanol–water partition coefficient (Wildman–Crippen LogP) is 1.92. The number of phenolic OH excluding ortho intramolecular Hbond substituents is 1. The number of aromatic hydroxyl groups is 1. The molecule has 0 saturated carbocycles. The Bertz CT molecular complexity index is 1310. The topological polar surface area (TPSA) is 195 Å². The minimum Gasteiger partial charge on any atom is -0.508 e. The third-order valence-electron chi connectivity index (χ3n) is 8.88. The molecule has 13 heteroatoms. The van der Waals surface area contributed by atoms with E-state index in [-0.39, 0.29) is 42.3 Å². The Balaban J connectivity index is 2.68. The molecule has 2 rings (SSSR count). The van der Waals surface area contributed by atoms with Crippen LogP contribution >= 0.6 is 0 Å². The van der Waals surface area contributed by atoms with Gasteiger partial charge in [0.2, 0.25) is 35.4 Å². The highest BCUT2D eigenvalue weighted by atomic mass is 16.3. The van der Waals surface area contributed by atoms with E-state index in [0.29, 0.717) is 12.0 Å². The van der Waals surface area contributed by atoms with Gasteiger partial charge in [-0.1, -0.05) is 87.8 Å². The molecule has 1 fully saturated rings. The molecule has 1 aromatic carbocycles. The highest BCUT2D eigenvalue weighted by Gasteiger charge is 2.38. The van der Waals surface area contributed by atoms with Gasteiger partial charge in [0.25, 0.3) is 0 Å². The molecule has 49 heavy (non-hydrogen) atoms. The van der Waals surface area contributed by atoms with Gasteiger partial charge in [-0.3, -0.25) is 28.8 Å². The van der Waals surface area contributed by atoms with Crippen LogP contribution in [-0.2, 0) is 35.2 Å². The standard InChI is InChI=1S/C36H58N6O7/c1-11-22(10)30-36(49)38-26(17-23-12-14-24(43)15-13-23)32(45)39-28(20(6)7)34(47)41-29(21(8)9)35(48)40-27(19(4)5)33(46)37-25(16-18(2)3)31(44)42-30/h12-15,18-22,25-30,43H,11,16-17H2,1-10H3,(H,37,46)(H,38,49)(H,39,45)(H,40,48)(H,41,47)(H,42,44)/t22-,25+,26-,27+,28+,29-,30-/m0/s1. The lowest BCUT2D eigenvalue weighted by Gasteiger charge is -2.32. The molecule has 7 atom stereocenters. The molecule has 1 heterocycles. The van der Waals surface area contributed by atoms with E-state index in [0.717, 1.165) is 0 Å². The largest absolute Gasteiger partial charge is 0.508 e. The summed E-state index contributed by atoms with van der Waals surface area (Å²) >= 11 is 0. The summed E-state index contributed by atoms with van der Waals surface area (Å²) in [4.78, 5) is 82.8. The van der Waals surface area contributed by atoms with E-state index < -0.39 is 77.6 Å². The van der Waals surface area contributed by atoms with Gasteiger partial charge in [0, 0.05) is 6.42 Å². The number of rotatable bonds is 9. The fourth-order valence-electron chi connectivity index (χ4n) is 5.60. The number of hydrogen-bond acceptors (Lipinski definition) is 7. The summed E-state index contributed by atoms with van der Waals surface area (Å²) in [6.45, 7) is 18.0. The first-order chi connectivity index (χ1) is 22.9. The quantitative estimate of drug-likeness (QED) is 0.206. The van der Waals surface area contributed by atoms with Crippen molar-refractivity contribution in [3.8, 4) is 5.75 Å². The number of amides is 6. The molecule has 1 aliphatic rings. The fourth-order valence-corrected chi connectivity index (χ4v) is 5.60. The van der Waals surface area contributed by atoms with Crippen LogP contribution in [0.4, 0.5) is 0 Å². The number of nitrogens with one attached hydrogen (secondary N) is 6. The van der Waals surface area contributed by atoms with Crippen LogP contribution in [0.2, 0.25) is 0 Å². The van der Waals surface area contributed by atoms with Crippen LogP contribution in [0.3, 0.4) is 0 Å². The molecule has 0 aromatic heterocycles. The molecular weight excluding hydrogens is 628 g/mol. The van der Waals surface area contributed by atoms with Crippen LogP contribution in [0.25, 0.3) is 0 Å². The van der Waals surface area contributed by atoms with Gasteiger partial charge in [-0.05, 0) is 53.7 Å². The lowest BCUT2D eigenvalue weighted by atomic mass is 9.95. The fraction of sp³-hybridized carbons (Fsp3) is 0.667. The molecule has 1 saturated heterocycles. The van der Waals surface area contributed by atoms with Gasteiger partial charge in [0.1, 0.15) is 42.0 Å². The first kappa shape index (κ1) is 41.0. The highest BCUT2D eigenvalue weighted by Crippen LogP contribution is 2.16. The monoisotopic (exact) mass is 686 g/mol. The molecule has 0 aliphatic carbocycles. The zero-order valence-electron chi connectivity index (χ0n) is 30.7. The van der Waals surface area contributed by atoms with Crippen LogP contribution in [0, 0.1) is 29.6 Å². The van der Waals surface area contributed by atoms with Crippen molar-refractivity contribution in [1.29, 1.82) is 0 Å². The minimum absolute atomic E-state index is 0.00954. The highest BCUT2D eigenvalue weighted by molar-refractivity contribution is 5.98. The Kier molecular flexibility index (Phi) is 15.5. The van der Waals surface area contributed by atoms with E-state index >= 15 is 0 Å². The predicted molar refractivity (Wildman–Crippen MR) is 187 cm³/mol. The zero-order chi connectivity index (χ0) is 37.2. The van der Waals surface area contributed by atoms with Gasteiger partial charge in [0.15, 0.2) is 0 Å². The van der Waals surface area contributed by atoms with Gasteiger partial charge in [-0.15, -0.1) is 0 Å². The summed E-state index contributed by atoms with van der Waals surface area (Å²) in [6, 6.07) is -0.228. The third-order valence-corrected chi connectivity index (χ3v) is 8.88. The number of benzene rings is 1. The number of carbonyl (C=O) groups excluding carboxylic acids is 6. The summed E-state index contributed by atoms with van der Waals surface area (Å²) in [6.07, 6.45) is 0.798. The first-order valence-electron chi connectivity index (χ1n) is 17.5. The molecule has 0 spiro atoms. The van der Waals surface area contributed by atoms with E-state index in [4.69, 9.17) is 0 Å². The smallest absolute Gasteiger partial charge is 0.243 e. The molecule has 6 amide bonds. The van der Waals surface area contributed by atoms with Gasteiger partial charge in [0.05, 0.1) is 0 Å². The molecule has 7 N–H and O–H groups in total. The van der Waals surface area contributed by atoms with Crippen molar-refractivity contribution < 1.29 is 33.9 Å². The average Bonchev–Trinajstić information content (AvgIpc) is 3.01. The van der Waals surface area contributed by atoms with E-state index in [9.17, 15) is 33.9 Å². The Morgan fingerprint density at radius 2 is 0.898 bits per heavy atom.